The van der Waals surface area contributed by atoms with Crippen LogP contribution in [0.1, 0.15) is 11.5 Å². The number of methoxy groups -OCH3 is 1. The van der Waals surface area contributed by atoms with Crippen LogP contribution < -0.4 is 10.1 Å². The van der Waals surface area contributed by atoms with Gasteiger partial charge in [0, 0.05) is 6.20 Å². The van der Waals surface area contributed by atoms with Crippen molar-refractivity contribution < 1.29 is 17.9 Å². The van der Waals surface area contributed by atoms with E-state index in [4.69, 9.17) is 9.15 Å². The Hall–Kier alpha value is -1.76. The van der Waals surface area contributed by atoms with Crippen LogP contribution in [0.15, 0.2) is 34.9 Å². The second-order valence-electron chi connectivity index (χ2n) is 3.85. The quantitative estimate of drug-likeness (QED) is 0.844. The topological polar surface area (TPSA) is 47.3 Å². The van der Waals surface area contributed by atoms with E-state index in [9.17, 15) is 8.78 Å². The van der Waals surface area contributed by atoms with Gasteiger partial charge in [0.2, 0.25) is 5.88 Å². The molecule has 7 heteroatoms. The fourth-order valence-corrected chi connectivity index (χ4v) is 2.06. The first-order valence-electron chi connectivity index (χ1n) is 5.89. The Morgan fingerprint density at radius 2 is 2.15 bits per heavy atom. The van der Waals surface area contributed by atoms with Gasteiger partial charge in [-0.2, -0.15) is 8.78 Å². The first-order valence-corrected chi connectivity index (χ1v) is 6.94. The number of nitrogens with zero attached hydrogens (tertiary/aromatic N) is 1. The summed E-state index contributed by atoms with van der Waals surface area (Å²) in [4.78, 5) is 4.06. The van der Waals surface area contributed by atoms with Gasteiger partial charge in [0.05, 0.1) is 25.1 Å². The van der Waals surface area contributed by atoms with Crippen molar-refractivity contribution in [2.75, 3.05) is 12.4 Å². The Morgan fingerprint density at radius 1 is 1.35 bits per heavy atom. The van der Waals surface area contributed by atoms with Gasteiger partial charge in [0.25, 0.3) is 5.76 Å². The molecule has 0 aliphatic carbocycles. The standard InChI is InChI=1S/C13H14F2N2O2S/c1-18-12-11(3-2-6-16-12)17-7-9-4-5-10(19-9)8-20-13(14)15/h2-6,13,17H,7-8H2,1H3. The number of hydrogen-bond donors (Lipinski definition) is 1. The van der Waals surface area contributed by atoms with E-state index in [-0.39, 0.29) is 5.75 Å². The molecule has 2 rings (SSSR count). The number of ether oxygens (including phenoxy) is 1. The number of alkyl halides is 2. The molecule has 0 aliphatic rings. The SMILES string of the molecule is COc1ncccc1NCc1ccc(CSC(F)F)o1. The van der Waals surface area contributed by atoms with Crippen molar-refractivity contribution in [2.45, 2.75) is 18.1 Å². The van der Waals surface area contributed by atoms with Gasteiger partial charge in [-0.05, 0) is 24.3 Å². The summed E-state index contributed by atoms with van der Waals surface area (Å²) >= 11 is 0.541. The summed E-state index contributed by atoms with van der Waals surface area (Å²) in [5.74, 6) is -0.534. The molecule has 2 aromatic rings. The van der Waals surface area contributed by atoms with Crippen molar-refractivity contribution >= 4 is 17.4 Å². The van der Waals surface area contributed by atoms with Crippen LogP contribution in [0.4, 0.5) is 14.5 Å². The Morgan fingerprint density at radius 3 is 2.90 bits per heavy atom. The normalized spacial score (nSPS) is 10.8. The number of furan rings is 1. The minimum atomic E-state index is -2.39. The number of rotatable bonds is 7. The smallest absolute Gasteiger partial charge is 0.284 e. The molecule has 2 aromatic heterocycles. The lowest BCUT2D eigenvalue weighted by Gasteiger charge is -2.08. The van der Waals surface area contributed by atoms with E-state index in [1.54, 1.807) is 31.5 Å². The van der Waals surface area contributed by atoms with Crippen LogP contribution in [0.2, 0.25) is 0 Å². The van der Waals surface area contributed by atoms with Crippen LogP contribution in [-0.4, -0.2) is 17.9 Å². The number of pyridine rings is 1. The summed E-state index contributed by atoms with van der Waals surface area (Å²) in [6.45, 7) is 0.432. The van der Waals surface area contributed by atoms with Crippen LogP contribution in [0.5, 0.6) is 5.88 Å². The van der Waals surface area contributed by atoms with E-state index in [1.165, 1.54) is 0 Å². The average molecular weight is 300 g/mol. The van der Waals surface area contributed by atoms with E-state index in [0.29, 0.717) is 35.7 Å². The fourth-order valence-electron chi connectivity index (χ4n) is 1.61. The molecule has 2 heterocycles. The Kier molecular flexibility index (Phi) is 5.23. The number of aromatic nitrogens is 1. The van der Waals surface area contributed by atoms with Gasteiger partial charge < -0.3 is 14.5 Å². The van der Waals surface area contributed by atoms with Crippen LogP contribution in [0.25, 0.3) is 0 Å². The molecule has 0 spiro atoms. The molecule has 0 unspecified atom stereocenters. The zero-order valence-electron chi connectivity index (χ0n) is 10.8. The largest absolute Gasteiger partial charge is 0.480 e. The lowest BCUT2D eigenvalue weighted by molar-refractivity contribution is 0.251. The summed E-state index contributed by atoms with van der Waals surface area (Å²) in [7, 11) is 1.54. The highest BCUT2D eigenvalue weighted by Crippen LogP contribution is 2.23. The number of halogens is 2. The maximum absolute atomic E-state index is 12.1. The molecule has 0 bridgehead atoms. The highest BCUT2D eigenvalue weighted by atomic mass is 32.2. The van der Waals surface area contributed by atoms with Crippen molar-refractivity contribution in [3.8, 4) is 5.88 Å². The first kappa shape index (κ1) is 14.6. The lowest BCUT2D eigenvalue weighted by atomic mass is 10.3. The van der Waals surface area contributed by atoms with Crippen molar-refractivity contribution in [2.24, 2.45) is 0 Å². The van der Waals surface area contributed by atoms with Gasteiger partial charge in [-0.15, -0.1) is 0 Å². The summed E-state index contributed by atoms with van der Waals surface area (Å²) < 4.78 is 34.7. The van der Waals surface area contributed by atoms with Gasteiger partial charge in [-0.25, -0.2) is 4.98 Å². The minimum absolute atomic E-state index is 0.161. The Balaban J connectivity index is 1.91. The van der Waals surface area contributed by atoms with E-state index in [2.05, 4.69) is 10.3 Å². The minimum Gasteiger partial charge on any atom is -0.480 e. The van der Waals surface area contributed by atoms with Gasteiger partial charge in [-0.3, -0.25) is 0 Å². The van der Waals surface area contributed by atoms with Gasteiger partial charge in [-0.1, -0.05) is 11.8 Å². The number of anilines is 1. The zero-order valence-corrected chi connectivity index (χ0v) is 11.6. The molecular weight excluding hydrogens is 286 g/mol. The van der Waals surface area contributed by atoms with Crippen LogP contribution in [0, 0.1) is 0 Å². The highest BCUT2D eigenvalue weighted by molar-refractivity contribution is 7.98. The maximum Gasteiger partial charge on any atom is 0.284 e. The Bertz CT molecular complexity index is 549. The van der Waals surface area contributed by atoms with Gasteiger partial charge >= 0.3 is 0 Å². The van der Waals surface area contributed by atoms with Crippen molar-refractivity contribution in [1.82, 2.24) is 4.98 Å². The van der Waals surface area contributed by atoms with E-state index in [0.717, 1.165) is 5.69 Å². The van der Waals surface area contributed by atoms with Crippen molar-refractivity contribution in [1.29, 1.82) is 0 Å². The number of nitrogens with one attached hydrogen (secondary N) is 1. The van der Waals surface area contributed by atoms with Crippen molar-refractivity contribution in [3.63, 3.8) is 0 Å². The van der Waals surface area contributed by atoms with E-state index < -0.39 is 5.76 Å². The summed E-state index contributed by atoms with van der Waals surface area (Å²) in [6.07, 6.45) is 1.64. The predicted molar refractivity (Wildman–Crippen MR) is 74.1 cm³/mol. The maximum atomic E-state index is 12.1. The van der Waals surface area contributed by atoms with Crippen molar-refractivity contribution in [3.05, 3.63) is 42.0 Å². The van der Waals surface area contributed by atoms with Gasteiger partial charge in [0.15, 0.2) is 0 Å². The average Bonchev–Trinajstić information content (AvgIpc) is 2.91. The third-order valence-corrected chi connectivity index (χ3v) is 3.19. The van der Waals surface area contributed by atoms with E-state index >= 15 is 0 Å². The molecule has 0 radical (unpaired) electrons. The Labute approximate surface area is 119 Å². The summed E-state index contributed by atoms with van der Waals surface area (Å²) in [6, 6.07) is 7.09. The van der Waals surface area contributed by atoms with Crippen LogP contribution in [0.3, 0.4) is 0 Å². The van der Waals surface area contributed by atoms with Crippen LogP contribution in [-0.2, 0) is 12.3 Å². The summed E-state index contributed by atoms with van der Waals surface area (Å²) in [5, 5.41) is 3.12. The lowest BCUT2D eigenvalue weighted by Crippen LogP contribution is -2.01. The molecule has 0 saturated heterocycles. The predicted octanol–water partition coefficient (Wildman–Crippen LogP) is 3.75. The first-order chi connectivity index (χ1) is 9.69. The molecular formula is C13H14F2N2O2S. The monoisotopic (exact) mass is 300 g/mol. The molecule has 1 N–H and O–H groups in total. The third-order valence-electron chi connectivity index (χ3n) is 2.49. The molecule has 20 heavy (non-hydrogen) atoms. The number of thioether (sulfide) groups is 1. The molecule has 0 saturated carbocycles. The molecule has 0 aliphatic heterocycles. The summed E-state index contributed by atoms with van der Waals surface area (Å²) in [5.41, 5.74) is 0.745. The molecule has 0 atom stereocenters. The second kappa shape index (κ2) is 7.14. The molecule has 0 aromatic carbocycles. The molecule has 0 amide bonds. The fraction of sp³-hybridized carbons (Fsp3) is 0.308. The molecule has 0 fully saturated rings. The van der Waals surface area contributed by atoms with E-state index in [1.807, 2.05) is 6.07 Å². The zero-order chi connectivity index (χ0) is 14.4. The number of hydrogen-bond acceptors (Lipinski definition) is 5. The highest BCUT2D eigenvalue weighted by Gasteiger charge is 2.08. The third kappa shape index (κ3) is 4.12. The molecule has 108 valence electrons. The molecule has 4 nitrogen and oxygen atoms in total. The second-order valence-corrected chi connectivity index (χ2v) is 4.83. The van der Waals surface area contributed by atoms with Crippen LogP contribution >= 0.6 is 11.8 Å². The van der Waals surface area contributed by atoms with Gasteiger partial charge in [0.1, 0.15) is 11.5 Å².